The van der Waals surface area contributed by atoms with Gasteiger partial charge in [-0.15, -0.1) is 11.3 Å². The van der Waals surface area contributed by atoms with Crippen LogP contribution in [-0.4, -0.2) is 20.7 Å². The van der Waals surface area contributed by atoms with E-state index in [9.17, 15) is 9.59 Å². The summed E-state index contributed by atoms with van der Waals surface area (Å²) in [6.07, 6.45) is 1.38. The van der Waals surface area contributed by atoms with Crippen LogP contribution in [0.5, 0.6) is 0 Å². The summed E-state index contributed by atoms with van der Waals surface area (Å²) in [5, 5.41) is 4.30. The fraction of sp³-hybridized carbons (Fsp3) is 0.333. The third-order valence-corrected chi connectivity index (χ3v) is 4.63. The Labute approximate surface area is 135 Å². The van der Waals surface area contributed by atoms with Crippen molar-refractivity contribution in [1.82, 2.24) is 14.7 Å². The minimum Gasteiger partial charge on any atom is -0.458 e. The van der Waals surface area contributed by atoms with E-state index in [4.69, 9.17) is 9.26 Å². The molecule has 0 unspecified atom stereocenters. The van der Waals surface area contributed by atoms with Crippen molar-refractivity contribution in [2.75, 3.05) is 0 Å². The molecule has 3 aromatic heterocycles. The van der Waals surface area contributed by atoms with Crippen molar-refractivity contribution in [3.8, 4) is 0 Å². The number of fused-ring (bicyclic) bond motifs is 1. The highest BCUT2D eigenvalue weighted by atomic mass is 32.1. The van der Waals surface area contributed by atoms with Gasteiger partial charge in [-0.3, -0.25) is 14.2 Å². The normalized spacial score (nSPS) is 11.1. The largest absolute Gasteiger partial charge is 0.458 e. The van der Waals surface area contributed by atoms with Crippen LogP contribution in [0.1, 0.15) is 21.9 Å². The molecule has 3 heterocycles. The van der Waals surface area contributed by atoms with Gasteiger partial charge in [0.2, 0.25) is 0 Å². The number of thiophene rings is 1. The van der Waals surface area contributed by atoms with Crippen LogP contribution in [0.15, 0.2) is 21.7 Å². The van der Waals surface area contributed by atoms with Gasteiger partial charge in [-0.1, -0.05) is 5.16 Å². The molecule has 0 bridgehead atoms. The first-order valence-corrected chi connectivity index (χ1v) is 7.80. The van der Waals surface area contributed by atoms with E-state index in [2.05, 4.69) is 10.1 Å². The Hall–Kier alpha value is -2.48. The Morgan fingerprint density at radius 3 is 2.87 bits per heavy atom. The van der Waals surface area contributed by atoms with E-state index in [1.54, 1.807) is 13.0 Å². The Balaban J connectivity index is 1.76. The molecule has 8 heteroatoms. The summed E-state index contributed by atoms with van der Waals surface area (Å²) in [4.78, 5) is 30.4. The predicted molar refractivity (Wildman–Crippen MR) is 84.4 cm³/mol. The number of ether oxygens (including phenoxy) is 1. The molecule has 0 aromatic carbocycles. The molecule has 0 spiro atoms. The minimum absolute atomic E-state index is 0.0111. The highest BCUT2D eigenvalue weighted by Crippen LogP contribution is 2.25. The van der Waals surface area contributed by atoms with Crippen molar-refractivity contribution >= 4 is 27.5 Å². The number of carbonyl (C=O) groups is 1. The Morgan fingerprint density at radius 2 is 2.17 bits per heavy atom. The summed E-state index contributed by atoms with van der Waals surface area (Å²) in [5.74, 6) is 0.115. The topological polar surface area (TPSA) is 87.2 Å². The lowest BCUT2D eigenvalue weighted by Gasteiger charge is -2.05. The van der Waals surface area contributed by atoms with Gasteiger partial charge in [0.1, 0.15) is 29.4 Å². The highest BCUT2D eigenvalue weighted by molar-refractivity contribution is 7.18. The molecule has 0 aliphatic carbocycles. The summed E-state index contributed by atoms with van der Waals surface area (Å²) in [5.41, 5.74) is 1.20. The van der Waals surface area contributed by atoms with Gasteiger partial charge >= 0.3 is 5.97 Å². The molecular formula is C15H15N3O4S. The zero-order valence-corrected chi connectivity index (χ0v) is 13.8. The van der Waals surface area contributed by atoms with Crippen molar-refractivity contribution in [3.63, 3.8) is 0 Å². The highest BCUT2D eigenvalue weighted by Gasteiger charge is 2.14. The van der Waals surface area contributed by atoms with E-state index in [1.807, 2.05) is 13.8 Å². The van der Waals surface area contributed by atoms with Crippen LogP contribution >= 0.6 is 11.3 Å². The molecule has 0 N–H and O–H groups in total. The molecule has 3 rings (SSSR count). The number of nitrogens with zero attached hydrogens (tertiary/aromatic N) is 3. The molecule has 7 nitrogen and oxygen atoms in total. The van der Waals surface area contributed by atoms with Crippen molar-refractivity contribution in [2.24, 2.45) is 0 Å². The average molecular weight is 333 g/mol. The number of aromatic nitrogens is 3. The van der Waals surface area contributed by atoms with Crippen LogP contribution in [0.3, 0.4) is 0 Å². The van der Waals surface area contributed by atoms with Crippen molar-refractivity contribution < 1.29 is 14.1 Å². The Bertz CT molecular complexity index is 938. The number of esters is 1. The first-order valence-electron chi connectivity index (χ1n) is 6.98. The third-order valence-electron chi connectivity index (χ3n) is 3.51. The summed E-state index contributed by atoms with van der Waals surface area (Å²) in [6.45, 7) is 5.40. The van der Waals surface area contributed by atoms with Crippen molar-refractivity contribution in [2.45, 2.75) is 33.9 Å². The van der Waals surface area contributed by atoms with Crippen molar-refractivity contribution in [1.29, 1.82) is 0 Å². The lowest BCUT2D eigenvalue weighted by atomic mass is 10.2. The molecular weight excluding hydrogens is 318 g/mol. The van der Waals surface area contributed by atoms with Gasteiger partial charge in [0, 0.05) is 10.9 Å². The van der Waals surface area contributed by atoms with Gasteiger partial charge in [0.25, 0.3) is 5.56 Å². The number of hydrogen-bond donors (Lipinski definition) is 0. The third kappa shape index (κ3) is 3.02. The molecule has 0 aliphatic rings. The predicted octanol–water partition coefficient (Wildman–Crippen LogP) is 2.11. The second-order valence-corrected chi connectivity index (χ2v) is 6.43. The fourth-order valence-corrected chi connectivity index (χ4v) is 3.20. The van der Waals surface area contributed by atoms with Gasteiger partial charge in [0.05, 0.1) is 11.7 Å². The average Bonchev–Trinajstić information content (AvgIpc) is 3.05. The molecule has 0 fully saturated rings. The first-order chi connectivity index (χ1) is 11.0. The summed E-state index contributed by atoms with van der Waals surface area (Å²) >= 11 is 1.47. The molecule has 0 amide bonds. The van der Waals surface area contributed by atoms with Crippen LogP contribution < -0.4 is 5.56 Å². The maximum atomic E-state index is 12.5. The van der Waals surface area contributed by atoms with Gasteiger partial charge < -0.3 is 9.26 Å². The second kappa shape index (κ2) is 5.96. The molecule has 0 saturated carbocycles. The molecule has 0 saturated heterocycles. The van der Waals surface area contributed by atoms with Crippen LogP contribution in [0.2, 0.25) is 0 Å². The number of carbonyl (C=O) groups excluding carboxylic acids is 1. The van der Waals surface area contributed by atoms with E-state index >= 15 is 0 Å². The standard InChI is InChI=1S/C15H15N3O4S/c1-8-4-11(17-22-8)6-21-12(19)5-18-7-16-14-13(15(18)20)9(2)10(3)23-14/h4,7H,5-6H2,1-3H3. The quantitative estimate of drug-likeness (QED) is 0.680. The molecule has 0 aliphatic heterocycles. The summed E-state index contributed by atoms with van der Waals surface area (Å²) in [7, 11) is 0. The summed E-state index contributed by atoms with van der Waals surface area (Å²) < 4.78 is 11.3. The molecule has 0 atom stereocenters. The Kier molecular flexibility index (Phi) is 3.99. The minimum atomic E-state index is -0.529. The smallest absolute Gasteiger partial charge is 0.326 e. The van der Waals surface area contributed by atoms with E-state index in [0.29, 0.717) is 21.7 Å². The van der Waals surface area contributed by atoms with Gasteiger partial charge in [-0.25, -0.2) is 4.98 Å². The first kappa shape index (κ1) is 15.4. The van der Waals surface area contributed by atoms with E-state index in [1.165, 1.54) is 22.2 Å². The number of rotatable bonds is 4. The van der Waals surface area contributed by atoms with Gasteiger partial charge in [0.15, 0.2) is 0 Å². The number of aryl methyl sites for hydroxylation is 3. The lowest BCUT2D eigenvalue weighted by Crippen LogP contribution is -2.25. The monoisotopic (exact) mass is 333 g/mol. The van der Waals surface area contributed by atoms with Crippen LogP contribution in [0, 0.1) is 20.8 Å². The molecule has 0 radical (unpaired) electrons. The maximum absolute atomic E-state index is 12.5. The fourth-order valence-electron chi connectivity index (χ4n) is 2.21. The zero-order chi connectivity index (χ0) is 16.6. The van der Waals surface area contributed by atoms with Gasteiger partial charge in [-0.05, 0) is 26.3 Å². The molecule has 120 valence electrons. The van der Waals surface area contributed by atoms with Crippen LogP contribution in [0.4, 0.5) is 0 Å². The van der Waals surface area contributed by atoms with Crippen LogP contribution in [0.25, 0.3) is 10.2 Å². The zero-order valence-electron chi connectivity index (χ0n) is 13.0. The van der Waals surface area contributed by atoms with E-state index < -0.39 is 5.97 Å². The molecule has 23 heavy (non-hydrogen) atoms. The number of hydrogen-bond acceptors (Lipinski definition) is 7. The van der Waals surface area contributed by atoms with E-state index in [-0.39, 0.29) is 18.7 Å². The maximum Gasteiger partial charge on any atom is 0.326 e. The van der Waals surface area contributed by atoms with Crippen molar-refractivity contribution in [3.05, 3.63) is 44.6 Å². The second-order valence-electron chi connectivity index (χ2n) is 5.23. The molecule has 3 aromatic rings. The SMILES string of the molecule is Cc1cc(COC(=O)Cn2cnc3sc(C)c(C)c3c2=O)no1. The summed E-state index contributed by atoms with van der Waals surface area (Å²) in [6, 6.07) is 1.69. The van der Waals surface area contributed by atoms with Crippen LogP contribution in [-0.2, 0) is 22.7 Å². The van der Waals surface area contributed by atoms with E-state index in [0.717, 1.165) is 10.4 Å². The Morgan fingerprint density at radius 1 is 1.39 bits per heavy atom. The lowest BCUT2D eigenvalue weighted by molar-refractivity contribution is -0.145. The van der Waals surface area contributed by atoms with Gasteiger partial charge in [-0.2, -0.15) is 0 Å².